The summed E-state index contributed by atoms with van der Waals surface area (Å²) in [6.45, 7) is 9.35. The van der Waals surface area contributed by atoms with Crippen molar-refractivity contribution < 1.29 is 4.79 Å². The third-order valence-corrected chi connectivity index (χ3v) is 4.87. The van der Waals surface area contributed by atoms with E-state index in [0.29, 0.717) is 35.2 Å². The molecule has 7 nitrogen and oxygen atoms in total. The van der Waals surface area contributed by atoms with Gasteiger partial charge in [-0.3, -0.25) is 14.5 Å². The molecule has 1 aromatic carbocycles. The highest BCUT2D eigenvalue weighted by molar-refractivity contribution is 14.0. The first-order valence-corrected chi connectivity index (χ1v) is 10.4. The van der Waals surface area contributed by atoms with Gasteiger partial charge < -0.3 is 16.0 Å². The van der Waals surface area contributed by atoms with Crippen molar-refractivity contribution in [3.05, 3.63) is 51.3 Å². The van der Waals surface area contributed by atoms with Crippen LogP contribution in [0.25, 0.3) is 0 Å². The number of aliphatic imine (C=N–C) groups is 1. The van der Waals surface area contributed by atoms with Crippen LogP contribution >= 0.6 is 47.2 Å². The zero-order valence-electron chi connectivity index (χ0n) is 17.5. The molecule has 0 saturated heterocycles. The summed E-state index contributed by atoms with van der Waals surface area (Å²) in [4.78, 5) is 16.7. The molecule has 0 atom stereocenters. The van der Waals surface area contributed by atoms with Crippen LogP contribution in [0.2, 0.25) is 10.0 Å². The van der Waals surface area contributed by atoms with E-state index in [-0.39, 0.29) is 29.9 Å². The molecule has 3 N–H and O–H groups in total. The smallest absolute Gasteiger partial charge is 0.251 e. The molecule has 2 rings (SSSR count). The number of hydrogen-bond acceptors (Lipinski definition) is 3. The van der Waals surface area contributed by atoms with Gasteiger partial charge in [0.05, 0.1) is 15.7 Å². The third-order valence-electron chi connectivity index (χ3n) is 4.13. The molecule has 166 valence electrons. The molecule has 0 radical (unpaired) electrons. The molecule has 30 heavy (non-hydrogen) atoms. The second-order valence-corrected chi connectivity index (χ2v) is 7.39. The summed E-state index contributed by atoms with van der Waals surface area (Å²) in [6, 6.07) is 6.88. The highest BCUT2D eigenvalue weighted by atomic mass is 127. The maximum atomic E-state index is 12.2. The van der Waals surface area contributed by atoms with Gasteiger partial charge in [-0.1, -0.05) is 23.2 Å². The number of guanidine groups is 1. The van der Waals surface area contributed by atoms with Crippen molar-refractivity contribution in [1.29, 1.82) is 0 Å². The average molecular weight is 567 g/mol. The molecule has 10 heteroatoms. The van der Waals surface area contributed by atoms with Crippen LogP contribution in [-0.4, -0.2) is 47.8 Å². The Morgan fingerprint density at radius 3 is 2.47 bits per heavy atom. The van der Waals surface area contributed by atoms with E-state index in [2.05, 4.69) is 39.0 Å². The van der Waals surface area contributed by atoms with Gasteiger partial charge in [0.1, 0.15) is 0 Å². The SMILES string of the molecule is CCNC(=NCCCn1nc(C)cc1C)NCCNC(=O)c1ccc(Cl)c(Cl)c1.I. The Hall–Kier alpha value is -1.52. The number of nitrogens with zero attached hydrogens (tertiary/aromatic N) is 3. The molecule has 0 unspecified atom stereocenters. The van der Waals surface area contributed by atoms with Crippen molar-refractivity contribution in [2.45, 2.75) is 33.7 Å². The van der Waals surface area contributed by atoms with Gasteiger partial charge in [0, 0.05) is 44.0 Å². The highest BCUT2D eigenvalue weighted by Crippen LogP contribution is 2.22. The van der Waals surface area contributed by atoms with Gasteiger partial charge in [0.15, 0.2) is 5.96 Å². The van der Waals surface area contributed by atoms with Crippen LogP contribution in [0.15, 0.2) is 29.3 Å². The van der Waals surface area contributed by atoms with Crippen molar-refractivity contribution in [3.63, 3.8) is 0 Å². The predicted octanol–water partition coefficient (Wildman–Crippen LogP) is 3.80. The van der Waals surface area contributed by atoms with Crippen molar-refractivity contribution >= 4 is 59.0 Å². The molecule has 0 spiro atoms. The molecule has 1 amide bonds. The van der Waals surface area contributed by atoms with E-state index >= 15 is 0 Å². The lowest BCUT2D eigenvalue weighted by Gasteiger charge is -2.12. The molecule has 2 aromatic rings. The average Bonchev–Trinajstić information content (AvgIpc) is 3.01. The topological polar surface area (TPSA) is 83.3 Å². The number of rotatable bonds is 9. The summed E-state index contributed by atoms with van der Waals surface area (Å²) >= 11 is 11.8. The number of halogens is 3. The molecule has 0 fully saturated rings. The van der Waals surface area contributed by atoms with E-state index in [1.807, 2.05) is 18.5 Å². The number of nitrogens with one attached hydrogen (secondary N) is 3. The second-order valence-electron chi connectivity index (χ2n) is 6.58. The van der Waals surface area contributed by atoms with E-state index in [0.717, 1.165) is 36.9 Å². The second kappa shape index (κ2) is 13.7. The number of aryl methyl sites for hydroxylation is 3. The number of aromatic nitrogens is 2. The Bertz CT molecular complexity index is 856. The normalized spacial score (nSPS) is 11.0. The highest BCUT2D eigenvalue weighted by Gasteiger charge is 2.07. The van der Waals surface area contributed by atoms with Crippen LogP contribution in [0.5, 0.6) is 0 Å². The minimum Gasteiger partial charge on any atom is -0.357 e. The van der Waals surface area contributed by atoms with E-state index in [9.17, 15) is 4.79 Å². The van der Waals surface area contributed by atoms with Gasteiger partial charge in [-0.2, -0.15) is 5.10 Å². The largest absolute Gasteiger partial charge is 0.357 e. The molecule has 1 aromatic heterocycles. The minimum absolute atomic E-state index is 0. The van der Waals surface area contributed by atoms with Crippen LogP contribution < -0.4 is 16.0 Å². The van der Waals surface area contributed by atoms with Gasteiger partial charge in [-0.15, -0.1) is 24.0 Å². The lowest BCUT2D eigenvalue weighted by Crippen LogP contribution is -2.41. The van der Waals surface area contributed by atoms with Crippen molar-refractivity contribution in [2.24, 2.45) is 4.99 Å². The lowest BCUT2D eigenvalue weighted by atomic mass is 10.2. The first kappa shape index (κ1) is 26.5. The fourth-order valence-electron chi connectivity index (χ4n) is 2.75. The van der Waals surface area contributed by atoms with Crippen molar-refractivity contribution in [3.8, 4) is 0 Å². The Balaban J connectivity index is 0.00000450. The summed E-state index contributed by atoms with van der Waals surface area (Å²) in [7, 11) is 0. The van der Waals surface area contributed by atoms with Crippen LogP contribution in [0.1, 0.15) is 35.1 Å². The Labute approximate surface area is 205 Å². The van der Waals surface area contributed by atoms with Gasteiger partial charge in [0.25, 0.3) is 5.91 Å². The zero-order valence-corrected chi connectivity index (χ0v) is 21.3. The fourth-order valence-corrected chi connectivity index (χ4v) is 3.05. The van der Waals surface area contributed by atoms with Crippen molar-refractivity contribution in [2.75, 3.05) is 26.2 Å². The number of hydrogen-bond donors (Lipinski definition) is 3. The number of amides is 1. The summed E-state index contributed by atoms with van der Waals surface area (Å²) in [5.74, 6) is 0.529. The summed E-state index contributed by atoms with van der Waals surface area (Å²) < 4.78 is 2.00. The molecule has 0 bridgehead atoms. The number of carbonyl (C=O) groups is 1. The monoisotopic (exact) mass is 566 g/mol. The molecule has 0 saturated carbocycles. The van der Waals surface area contributed by atoms with Gasteiger partial charge in [-0.05, 0) is 51.5 Å². The molecule has 1 heterocycles. The van der Waals surface area contributed by atoms with Gasteiger partial charge in [-0.25, -0.2) is 0 Å². The molecule has 0 aliphatic rings. The molecular weight excluding hydrogens is 538 g/mol. The first-order chi connectivity index (χ1) is 13.9. The summed E-state index contributed by atoms with van der Waals surface area (Å²) in [5, 5.41) is 14.5. The summed E-state index contributed by atoms with van der Waals surface area (Å²) in [6.07, 6.45) is 0.895. The van der Waals surface area contributed by atoms with E-state index in [1.165, 1.54) is 0 Å². The maximum Gasteiger partial charge on any atom is 0.251 e. The summed E-state index contributed by atoms with van der Waals surface area (Å²) in [5.41, 5.74) is 2.67. The van der Waals surface area contributed by atoms with Crippen LogP contribution in [0, 0.1) is 13.8 Å². The fraction of sp³-hybridized carbons (Fsp3) is 0.450. The molecule has 0 aliphatic carbocycles. The Morgan fingerprint density at radius 2 is 1.83 bits per heavy atom. The molecular formula is C20H29Cl2IN6O. The van der Waals surface area contributed by atoms with Gasteiger partial charge >= 0.3 is 0 Å². The third kappa shape index (κ3) is 8.69. The maximum absolute atomic E-state index is 12.2. The first-order valence-electron chi connectivity index (χ1n) is 9.67. The van der Waals surface area contributed by atoms with Crippen LogP contribution in [-0.2, 0) is 6.54 Å². The quantitative estimate of drug-likeness (QED) is 0.187. The van der Waals surface area contributed by atoms with Crippen molar-refractivity contribution in [1.82, 2.24) is 25.7 Å². The lowest BCUT2D eigenvalue weighted by molar-refractivity contribution is 0.0954. The Kier molecular flexibility index (Phi) is 12.1. The van der Waals surface area contributed by atoms with Crippen LogP contribution in [0.3, 0.4) is 0 Å². The standard InChI is InChI=1S/C20H28Cl2N6O.HI/c1-4-23-20(25-8-5-11-28-15(3)12-14(2)27-28)26-10-9-24-19(29)16-6-7-17(21)18(22)13-16;/h6-7,12-13H,4-5,8-11H2,1-3H3,(H,24,29)(H2,23,25,26);1H. The predicted molar refractivity (Wildman–Crippen MR) is 135 cm³/mol. The minimum atomic E-state index is -0.197. The van der Waals surface area contributed by atoms with E-state index in [4.69, 9.17) is 23.2 Å². The van der Waals surface area contributed by atoms with E-state index in [1.54, 1.807) is 18.2 Å². The zero-order chi connectivity index (χ0) is 21.2. The molecule has 0 aliphatic heterocycles. The van der Waals surface area contributed by atoms with E-state index < -0.39 is 0 Å². The van der Waals surface area contributed by atoms with Crippen LogP contribution in [0.4, 0.5) is 0 Å². The number of benzene rings is 1. The van der Waals surface area contributed by atoms with Gasteiger partial charge in [0.2, 0.25) is 0 Å². The Morgan fingerprint density at radius 1 is 1.10 bits per heavy atom. The number of carbonyl (C=O) groups excluding carboxylic acids is 1.